The van der Waals surface area contributed by atoms with Gasteiger partial charge in [-0.3, -0.25) is 4.79 Å². The van der Waals surface area contributed by atoms with Crippen LogP contribution in [-0.2, 0) is 11.2 Å². The zero-order chi connectivity index (χ0) is 18.2. The lowest BCUT2D eigenvalue weighted by Crippen LogP contribution is -2.30. The van der Waals surface area contributed by atoms with E-state index in [1.807, 2.05) is 0 Å². The number of rotatable bonds is 6. The molecule has 0 radical (unpaired) electrons. The number of anilines is 2. The van der Waals surface area contributed by atoms with E-state index in [0.717, 1.165) is 0 Å². The summed E-state index contributed by atoms with van der Waals surface area (Å²) in [4.78, 5) is 23.1. The SMILES string of the molecule is COc1cc(NC(=O)NCCc2ccccc2F)ccc1NC(C)=O. The lowest BCUT2D eigenvalue weighted by atomic mass is 10.1. The molecule has 0 unspecified atom stereocenters. The molecule has 132 valence electrons. The molecule has 2 aromatic rings. The van der Waals surface area contributed by atoms with Crippen LogP contribution in [-0.4, -0.2) is 25.6 Å². The molecule has 2 aromatic carbocycles. The van der Waals surface area contributed by atoms with E-state index in [-0.39, 0.29) is 11.7 Å². The zero-order valence-electron chi connectivity index (χ0n) is 14.1. The van der Waals surface area contributed by atoms with Crippen LogP contribution in [0.2, 0.25) is 0 Å². The average Bonchev–Trinajstić information content (AvgIpc) is 2.57. The highest BCUT2D eigenvalue weighted by Gasteiger charge is 2.08. The number of halogens is 1. The summed E-state index contributed by atoms with van der Waals surface area (Å²) in [6.45, 7) is 1.70. The van der Waals surface area contributed by atoms with E-state index in [1.165, 1.54) is 20.1 Å². The number of hydrogen-bond acceptors (Lipinski definition) is 3. The van der Waals surface area contributed by atoms with Crippen molar-refractivity contribution in [2.75, 3.05) is 24.3 Å². The van der Waals surface area contributed by atoms with Crippen LogP contribution < -0.4 is 20.7 Å². The fourth-order valence-electron chi connectivity index (χ4n) is 2.25. The molecule has 0 spiro atoms. The second kappa shape index (κ2) is 8.68. The molecule has 7 heteroatoms. The first-order valence-electron chi connectivity index (χ1n) is 7.73. The van der Waals surface area contributed by atoms with E-state index >= 15 is 0 Å². The Labute approximate surface area is 145 Å². The Morgan fingerprint density at radius 2 is 1.88 bits per heavy atom. The fraction of sp³-hybridized carbons (Fsp3) is 0.222. The average molecular weight is 345 g/mol. The van der Waals surface area contributed by atoms with Gasteiger partial charge >= 0.3 is 6.03 Å². The zero-order valence-corrected chi connectivity index (χ0v) is 14.1. The molecule has 0 saturated heterocycles. The molecule has 6 nitrogen and oxygen atoms in total. The summed E-state index contributed by atoms with van der Waals surface area (Å²) in [6.07, 6.45) is 0.394. The Morgan fingerprint density at radius 3 is 2.56 bits per heavy atom. The van der Waals surface area contributed by atoms with Crippen LogP contribution in [0, 0.1) is 5.82 Å². The third kappa shape index (κ3) is 5.49. The molecule has 0 bridgehead atoms. The standard InChI is InChI=1S/C18H20FN3O3/c1-12(23)21-16-8-7-14(11-17(16)25-2)22-18(24)20-10-9-13-5-3-4-6-15(13)19/h3-8,11H,9-10H2,1-2H3,(H,21,23)(H2,20,22,24). The van der Waals surface area contributed by atoms with Gasteiger partial charge in [0.25, 0.3) is 0 Å². The Morgan fingerprint density at radius 1 is 1.12 bits per heavy atom. The number of carbonyl (C=O) groups is 2. The van der Waals surface area contributed by atoms with E-state index in [1.54, 1.807) is 36.4 Å². The van der Waals surface area contributed by atoms with Gasteiger partial charge in [0.2, 0.25) is 5.91 Å². The molecule has 0 atom stereocenters. The first kappa shape index (κ1) is 18.3. The first-order chi connectivity index (χ1) is 12.0. The van der Waals surface area contributed by atoms with Crippen LogP contribution in [0.5, 0.6) is 5.75 Å². The normalized spacial score (nSPS) is 10.0. The summed E-state index contributed by atoms with van der Waals surface area (Å²) >= 11 is 0. The van der Waals surface area contributed by atoms with Crippen molar-refractivity contribution in [2.24, 2.45) is 0 Å². The van der Waals surface area contributed by atoms with Crippen molar-refractivity contribution >= 4 is 23.3 Å². The summed E-state index contributed by atoms with van der Waals surface area (Å²) in [5.74, 6) is -0.0766. The van der Waals surface area contributed by atoms with Gasteiger partial charge in [0.05, 0.1) is 12.8 Å². The van der Waals surface area contributed by atoms with Crippen LogP contribution in [0.3, 0.4) is 0 Å². The molecule has 0 aliphatic carbocycles. The monoisotopic (exact) mass is 345 g/mol. The van der Waals surface area contributed by atoms with Gasteiger partial charge in [-0.2, -0.15) is 0 Å². The molecule has 0 fully saturated rings. The molecule has 0 aromatic heterocycles. The maximum absolute atomic E-state index is 13.5. The molecule has 0 aliphatic rings. The first-order valence-corrected chi connectivity index (χ1v) is 7.73. The number of amides is 3. The van der Waals surface area contributed by atoms with E-state index in [4.69, 9.17) is 4.74 Å². The number of carbonyl (C=O) groups excluding carboxylic acids is 2. The predicted molar refractivity (Wildman–Crippen MR) is 94.4 cm³/mol. The molecule has 3 amide bonds. The smallest absolute Gasteiger partial charge is 0.319 e. The van der Waals surface area contributed by atoms with Crippen LogP contribution in [0.25, 0.3) is 0 Å². The molecular formula is C18H20FN3O3. The molecule has 0 saturated carbocycles. The minimum atomic E-state index is -0.411. The van der Waals surface area contributed by atoms with Crippen molar-refractivity contribution in [3.05, 3.63) is 53.8 Å². The van der Waals surface area contributed by atoms with Crippen molar-refractivity contribution < 1.29 is 18.7 Å². The third-order valence-electron chi connectivity index (χ3n) is 3.41. The van der Waals surface area contributed by atoms with E-state index in [0.29, 0.717) is 35.7 Å². The minimum absolute atomic E-state index is 0.218. The van der Waals surface area contributed by atoms with Crippen molar-refractivity contribution in [1.29, 1.82) is 0 Å². The lowest BCUT2D eigenvalue weighted by molar-refractivity contribution is -0.114. The molecular weight excluding hydrogens is 325 g/mol. The second-order valence-corrected chi connectivity index (χ2v) is 5.32. The van der Waals surface area contributed by atoms with Crippen LogP contribution in [0.15, 0.2) is 42.5 Å². The van der Waals surface area contributed by atoms with Gasteiger partial charge in [-0.1, -0.05) is 18.2 Å². The van der Waals surface area contributed by atoms with Crippen LogP contribution >= 0.6 is 0 Å². The molecule has 25 heavy (non-hydrogen) atoms. The number of methoxy groups -OCH3 is 1. The lowest BCUT2D eigenvalue weighted by Gasteiger charge is -2.12. The summed E-state index contributed by atoms with van der Waals surface area (Å²) in [6, 6.07) is 10.9. The van der Waals surface area contributed by atoms with Crippen LogP contribution in [0.1, 0.15) is 12.5 Å². The highest BCUT2D eigenvalue weighted by Crippen LogP contribution is 2.27. The van der Waals surface area contributed by atoms with Crippen molar-refractivity contribution in [1.82, 2.24) is 5.32 Å². The van der Waals surface area contributed by atoms with Gasteiger partial charge in [-0.05, 0) is 30.2 Å². The topological polar surface area (TPSA) is 79.5 Å². The van der Waals surface area contributed by atoms with Gasteiger partial charge in [0.1, 0.15) is 11.6 Å². The van der Waals surface area contributed by atoms with Crippen LogP contribution in [0.4, 0.5) is 20.6 Å². The van der Waals surface area contributed by atoms with Gasteiger partial charge in [-0.15, -0.1) is 0 Å². The molecule has 3 N–H and O–H groups in total. The van der Waals surface area contributed by atoms with E-state index < -0.39 is 6.03 Å². The predicted octanol–water partition coefficient (Wildman–Crippen LogP) is 3.16. The summed E-state index contributed by atoms with van der Waals surface area (Å²) in [5, 5.41) is 7.96. The maximum Gasteiger partial charge on any atom is 0.319 e. The number of urea groups is 1. The summed E-state index contributed by atoms with van der Waals surface area (Å²) < 4.78 is 18.7. The molecule has 0 aliphatic heterocycles. The van der Waals surface area contributed by atoms with E-state index in [9.17, 15) is 14.0 Å². The number of benzene rings is 2. The Bertz CT molecular complexity index is 765. The largest absolute Gasteiger partial charge is 0.494 e. The van der Waals surface area contributed by atoms with Gasteiger partial charge in [0, 0.05) is 25.2 Å². The van der Waals surface area contributed by atoms with Crippen molar-refractivity contribution in [3.8, 4) is 5.75 Å². The summed E-state index contributed by atoms with van der Waals surface area (Å²) in [7, 11) is 1.47. The van der Waals surface area contributed by atoms with Crippen molar-refractivity contribution in [2.45, 2.75) is 13.3 Å². The fourth-order valence-corrected chi connectivity index (χ4v) is 2.25. The Balaban J connectivity index is 1.89. The van der Waals surface area contributed by atoms with Crippen molar-refractivity contribution in [3.63, 3.8) is 0 Å². The Hall–Kier alpha value is -3.09. The van der Waals surface area contributed by atoms with Gasteiger partial charge in [-0.25, -0.2) is 9.18 Å². The molecule has 2 rings (SSSR count). The summed E-state index contributed by atoms with van der Waals surface area (Å²) in [5.41, 5.74) is 1.57. The van der Waals surface area contributed by atoms with Gasteiger partial charge in [0.15, 0.2) is 0 Å². The number of nitrogens with one attached hydrogen (secondary N) is 3. The number of hydrogen-bond donors (Lipinski definition) is 3. The minimum Gasteiger partial charge on any atom is -0.494 e. The second-order valence-electron chi connectivity index (χ2n) is 5.32. The quantitative estimate of drug-likeness (QED) is 0.752. The van der Waals surface area contributed by atoms with E-state index in [2.05, 4.69) is 16.0 Å². The highest BCUT2D eigenvalue weighted by molar-refractivity contribution is 5.93. The third-order valence-corrected chi connectivity index (χ3v) is 3.41. The maximum atomic E-state index is 13.5. The Kier molecular flexibility index (Phi) is 6.33. The molecule has 0 heterocycles. The van der Waals surface area contributed by atoms with Gasteiger partial charge < -0.3 is 20.7 Å². The number of ether oxygens (including phenoxy) is 1. The highest BCUT2D eigenvalue weighted by atomic mass is 19.1.